The van der Waals surface area contributed by atoms with E-state index in [0.29, 0.717) is 0 Å². The average molecular weight is 366 g/mol. The zero-order valence-corrected chi connectivity index (χ0v) is 15.9. The van der Waals surface area contributed by atoms with Gasteiger partial charge in [0.25, 0.3) is 0 Å². The summed E-state index contributed by atoms with van der Waals surface area (Å²) < 4.78 is 0. The Kier molecular flexibility index (Phi) is 7.32. The Labute approximate surface area is 157 Å². The predicted octanol–water partition coefficient (Wildman–Crippen LogP) is 2.55. The average Bonchev–Trinajstić information content (AvgIpc) is 2.63. The minimum Gasteiger partial charge on any atom is -0.393 e. The van der Waals surface area contributed by atoms with Gasteiger partial charge in [-0.05, 0) is 45.1 Å². The van der Waals surface area contributed by atoms with Crippen LogP contribution in [-0.2, 0) is 4.79 Å². The summed E-state index contributed by atoms with van der Waals surface area (Å²) in [6, 6.07) is 0.121. The van der Waals surface area contributed by atoms with E-state index in [1.54, 1.807) is 0 Å². The molecule has 2 saturated carbocycles. The Balaban J connectivity index is 1.48. The molecule has 0 aromatic carbocycles. The van der Waals surface area contributed by atoms with Gasteiger partial charge in [0.1, 0.15) is 0 Å². The first-order valence-corrected chi connectivity index (χ1v) is 10.7. The van der Waals surface area contributed by atoms with Gasteiger partial charge in [-0.25, -0.2) is 4.79 Å². The first kappa shape index (κ1) is 19.6. The molecule has 0 aromatic rings. The maximum absolute atomic E-state index is 12.4. The van der Waals surface area contributed by atoms with Crippen LogP contribution < -0.4 is 10.6 Å². The molecule has 2 aliphatic carbocycles. The molecule has 6 nitrogen and oxygen atoms in total. The number of piperidine rings is 1. The fourth-order valence-corrected chi connectivity index (χ4v) is 5.11. The van der Waals surface area contributed by atoms with E-state index in [9.17, 15) is 14.7 Å². The smallest absolute Gasteiger partial charge is 0.321 e. The topological polar surface area (TPSA) is 81.7 Å². The van der Waals surface area contributed by atoms with Gasteiger partial charge in [0.05, 0.1) is 12.6 Å². The Bertz CT molecular complexity index is 479. The minimum absolute atomic E-state index is 0.205. The molecule has 148 valence electrons. The molecule has 3 atom stereocenters. The molecule has 6 heteroatoms. The van der Waals surface area contributed by atoms with Crippen molar-refractivity contribution < 1.29 is 14.7 Å². The molecule has 1 saturated heterocycles. The SMILES string of the molecule is O=C(CN1CCCC[C@@H]1[C@@H]1CCCC[C@H]1O)NC(=O)NC1CCCCC1. The van der Waals surface area contributed by atoms with Gasteiger partial charge in [-0.2, -0.15) is 0 Å². The number of hydrogen-bond donors (Lipinski definition) is 3. The summed E-state index contributed by atoms with van der Waals surface area (Å²) >= 11 is 0. The summed E-state index contributed by atoms with van der Waals surface area (Å²) in [5, 5.41) is 15.9. The zero-order valence-electron chi connectivity index (χ0n) is 15.9. The molecule has 1 heterocycles. The molecular formula is C20H35N3O3. The van der Waals surface area contributed by atoms with E-state index in [-0.39, 0.29) is 42.6 Å². The van der Waals surface area contributed by atoms with Gasteiger partial charge in [-0.3, -0.25) is 15.0 Å². The van der Waals surface area contributed by atoms with Crippen molar-refractivity contribution in [2.24, 2.45) is 5.92 Å². The summed E-state index contributed by atoms with van der Waals surface area (Å²) in [5.74, 6) is 0.0448. The van der Waals surface area contributed by atoms with Gasteiger partial charge in [0.2, 0.25) is 5.91 Å². The van der Waals surface area contributed by atoms with Crippen LogP contribution in [0.25, 0.3) is 0 Å². The molecule has 1 aliphatic heterocycles. The van der Waals surface area contributed by atoms with E-state index in [4.69, 9.17) is 0 Å². The third-order valence-corrected chi connectivity index (χ3v) is 6.48. The van der Waals surface area contributed by atoms with Gasteiger partial charge in [0, 0.05) is 18.0 Å². The van der Waals surface area contributed by atoms with Gasteiger partial charge in [-0.15, -0.1) is 0 Å². The molecule has 0 spiro atoms. The molecule has 0 aromatic heterocycles. The van der Waals surface area contributed by atoms with E-state index in [1.165, 1.54) is 12.8 Å². The number of urea groups is 1. The fraction of sp³-hybridized carbons (Fsp3) is 0.900. The predicted molar refractivity (Wildman–Crippen MR) is 101 cm³/mol. The summed E-state index contributed by atoms with van der Waals surface area (Å²) in [7, 11) is 0. The number of nitrogens with one attached hydrogen (secondary N) is 2. The molecule has 0 bridgehead atoms. The highest BCUT2D eigenvalue weighted by Crippen LogP contribution is 2.33. The van der Waals surface area contributed by atoms with Crippen LogP contribution in [0.2, 0.25) is 0 Å². The number of aliphatic hydroxyl groups is 1. The lowest BCUT2D eigenvalue weighted by atomic mass is 9.78. The number of hydrogen-bond acceptors (Lipinski definition) is 4. The lowest BCUT2D eigenvalue weighted by Crippen LogP contribution is -2.53. The Morgan fingerprint density at radius 2 is 1.58 bits per heavy atom. The van der Waals surface area contributed by atoms with Gasteiger partial charge >= 0.3 is 6.03 Å². The quantitative estimate of drug-likeness (QED) is 0.715. The lowest BCUT2D eigenvalue weighted by molar-refractivity contribution is -0.123. The Hall–Kier alpha value is -1.14. The molecule has 0 unspecified atom stereocenters. The number of likely N-dealkylation sites (tertiary alicyclic amines) is 1. The second-order valence-corrected chi connectivity index (χ2v) is 8.41. The van der Waals surface area contributed by atoms with E-state index >= 15 is 0 Å². The van der Waals surface area contributed by atoms with Crippen LogP contribution >= 0.6 is 0 Å². The molecule has 26 heavy (non-hydrogen) atoms. The maximum Gasteiger partial charge on any atom is 0.321 e. The van der Waals surface area contributed by atoms with Crippen molar-refractivity contribution in [3.63, 3.8) is 0 Å². The van der Waals surface area contributed by atoms with Crippen LogP contribution in [0.1, 0.15) is 77.0 Å². The molecule has 3 rings (SSSR count). The molecular weight excluding hydrogens is 330 g/mol. The van der Waals surface area contributed by atoms with Crippen LogP contribution in [0, 0.1) is 5.92 Å². The van der Waals surface area contributed by atoms with Crippen LogP contribution in [0.5, 0.6) is 0 Å². The summed E-state index contributed by atoms with van der Waals surface area (Å²) in [6.45, 7) is 1.14. The van der Waals surface area contributed by atoms with Crippen LogP contribution in [0.3, 0.4) is 0 Å². The van der Waals surface area contributed by atoms with Crippen molar-refractivity contribution in [1.29, 1.82) is 0 Å². The van der Waals surface area contributed by atoms with Crippen molar-refractivity contribution in [1.82, 2.24) is 15.5 Å². The monoisotopic (exact) mass is 365 g/mol. The maximum atomic E-state index is 12.4. The fourth-order valence-electron chi connectivity index (χ4n) is 5.11. The number of amides is 3. The van der Waals surface area contributed by atoms with E-state index in [0.717, 1.165) is 70.8 Å². The Morgan fingerprint density at radius 1 is 0.885 bits per heavy atom. The molecule has 3 aliphatic rings. The van der Waals surface area contributed by atoms with Crippen LogP contribution in [0.4, 0.5) is 4.79 Å². The third-order valence-electron chi connectivity index (χ3n) is 6.48. The number of nitrogens with zero attached hydrogens (tertiary/aromatic N) is 1. The van der Waals surface area contributed by atoms with Gasteiger partial charge in [0.15, 0.2) is 0 Å². The summed E-state index contributed by atoms with van der Waals surface area (Å²) in [4.78, 5) is 26.7. The standard InChI is InChI=1S/C20H35N3O3/c24-18-12-5-4-10-16(18)17-11-6-7-13-23(17)14-19(25)22-20(26)21-15-8-2-1-3-9-15/h15-18,24H,1-14H2,(H2,21,22,25,26)/t16-,17+,18+/m0/s1. The van der Waals surface area contributed by atoms with Crippen LogP contribution in [-0.4, -0.2) is 53.2 Å². The van der Waals surface area contributed by atoms with Crippen molar-refractivity contribution in [3.05, 3.63) is 0 Å². The number of imide groups is 1. The number of carbonyl (C=O) groups excluding carboxylic acids is 2. The van der Waals surface area contributed by atoms with Crippen molar-refractivity contribution >= 4 is 11.9 Å². The number of carbonyl (C=O) groups is 2. The van der Waals surface area contributed by atoms with E-state index < -0.39 is 0 Å². The summed E-state index contributed by atoms with van der Waals surface area (Å²) in [6.07, 6.45) is 12.8. The van der Waals surface area contributed by atoms with Crippen molar-refractivity contribution in [2.45, 2.75) is 95.2 Å². The number of rotatable bonds is 4. The molecule has 3 N–H and O–H groups in total. The van der Waals surface area contributed by atoms with E-state index in [1.807, 2.05) is 0 Å². The molecule has 3 fully saturated rings. The minimum atomic E-state index is -0.354. The van der Waals surface area contributed by atoms with Crippen molar-refractivity contribution in [3.8, 4) is 0 Å². The van der Waals surface area contributed by atoms with Crippen molar-refractivity contribution in [2.75, 3.05) is 13.1 Å². The second kappa shape index (κ2) is 9.70. The third kappa shape index (κ3) is 5.43. The van der Waals surface area contributed by atoms with Gasteiger partial charge in [-0.1, -0.05) is 38.5 Å². The largest absolute Gasteiger partial charge is 0.393 e. The molecule has 0 radical (unpaired) electrons. The highest BCUT2D eigenvalue weighted by atomic mass is 16.3. The molecule has 3 amide bonds. The number of aliphatic hydroxyl groups excluding tert-OH is 1. The van der Waals surface area contributed by atoms with Crippen LogP contribution in [0.15, 0.2) is 0 Å². The first-order valence-electron chi connectivity index (χ1n) is 10.7. The normalized spacial score (nSPS) is 31.3. The summed E-state index contributed by atoms with van der Waals surface area (Å²) in [5.41, 5.74) is 0. The lowest BCUT2D eigenvalue weighted by Gasteiger charge is -2.43. The van der Waals surface area contributed by atoms with E-state index in [2.05, 4.69) is 15.5 Å². The Morgan fingerprint density at radius 3 is 2.35 bits per heavy atom. The highest BCUT2D eigenvalue weighted by Gasteiger charge is 2.36. The highest BCUT2D eigenvalue weighted by molar-refractivity contribution is 5.95. The zero-order chi connectivity index (χ0) is 18.4. The second-order valence-electron chi connectivity index (χ2n) is 8.41. The first-order chi connectivity index (χ1) is 12.6. The van der Waals surface area contributed by atoms with Gasteiger partial charge < -0.3 is 10.4 Å².